The zero-order valence-corrected chi connectivity index (χ0v) is 13.1. The molecule has 0 amide bonds. The minimum absolute atomic E-state index is 0.119. The van der Waals surface area contributed by atoms with E-state index in [4.69, 9.17) is 21.1 Å². The molecule has 0 heterocycles. The molecular formula is C15H13ClN2O5. The van der Waals surface area contributed by atoms with Crippen LogP contribution in [-0.2, 0) is 0 Å². The van der Waals surface area contributed by atoms with Crippen LogP contribution < -0.4 is 9.47 Å². The van der Waals surface area contributed by atoms with Gasteiger partial charge in [-0.3, -0.25) is 15.1 Å². The molecule has 0 aromatic heterocycles. The van der Waals surface area contributed by atoms with E-state index in [2.05, 4.69) is 4.99 Å². The molecular weight excluding hydrogens is 324 g/mol. The molecule has 0 unspecified atom stereocenters. The van der Waals surface area contributed by atoms with Crippen LogP contribution in [0, 0.1) is 10.1 Å². The third-order valence-corrected chi connectivity index (χ3v) is 3.23. The first-order chi connectivity index (χ1) is 11.0. The van der Waals surface area contributed by atoms with Crippen molar-refractivity contribution in [1.82, 2.24) is 0 Å². The Morgan fingerprint density at radius 2 is 2.00 bits per heavy atom. The van der Waals surface area contributed by atoms with E-state index in [-0.39, 0.29) is 10.6 Å². The minimum atomic E-state index is -0.718. The monoisotopic (exact) mass is 336 g/mol. The molecule has 0 aliphatic rings. The molecule has 0 spiro atoms. The summed E-state index contributed by atoms with van der Waals surface area (Å²) in [5.41, 5.74) is 0.0690. The lowest BCUT2D eigenvalue weighted by Crippen LogP contribution is -1.93. The van der Waals surface area contributed by atoms with Crippen molar-refractivity contribution in [3.05, 3.63) is 51.0 Å². The van der Waals surface area contributed by atoms with Gasteiger partial charge in [0.1, 0.15) is 17.2 Å². The summed E-state index contributed by atoms with van der Waals surface area (Å²) in [6.45, 7) is 0. The van der Waals surface area contributed by atoms with Gasteiger partial charge in [-0.25, -0.2) is 0 Å². The molecule has 0 aliphatic heterocycles. The SMILES string of the molecule is COc1ccc(OC)c(N=Cc2cc(Cl)cc([N+](=O)[O-])c2O)c1. The lowest BCUT2D eigenvalue weighted by Gasteiger charge is -2.07. The van der Waals surface area contributed by atoms with Gasteiger partial charge in [0.05, 0.1) is 19.1 Å². The van der Waals surface area contributed by atoms with Crippen LogP contribution in [0.15, 0.2) is 35.3 Å². The number of ether oxygens (including phenoxy) is 2. The maximum Gasteiger partial charge on any atom is 0.312 e. The minimum Gasteiger partial charge on any atom is -0.502 e. The van der Waals surface area contributed by atoms with Crippen molar-refractivity contribution in [2.45, 2.75) is 0 Å². The van der Waals surface area contributed by atoms with Gasteiger partial charge in [0.25, 0.3) is 0 Å². The number of nitrogens with zero attached hydrogens (tertiary/aromatic N) is 2. The molecule has 2 aromatic carbocycles. The van der Waals surface area contributed by atoms with Gasteiger partial charge in [0.15, 0.2) is 0 Å². The van der Waals surface area contributed by atoms with E-state index in [0.29, 0.717) is 17.2 Å². The van der Waals surface area contributed by atoms with Crippen LogP contribution in [0.2, 0.25) is 5.02 Å². The Kier molecular flexibility index (Phi) is 5.02. The highest BCUT2D eigenvalue weighted by atomic mass is 35.5. The second-order valence-corrected chi connectivity index (χ2v) is 4.85. The molecule has 0 radical (unpaired) electrons. The zero-order valence-electron chi connectivity index (χ0n) is 12.3. The molecule has 8 heteroatoms. The van der Waals surface area contributed by atoms with Crippen LogP contribution in [0.4, 0.5) is 11.4 Å². The molecule has 120 valence electrons. The number of hydrogen-bond acceptors (Lipinski definition) is 6. The number of halogens is 1. The van der Waals surface area contributed by atoms with Gasteiger partial charge in [-0.1, -0.05) is 11.6 Å². The standard InChI is InChI=1S/C15H13ClN2O5/c1-22-11-3-4-14(23-2)12(7-11)17-8-9-5-10(16)6-13(15(9)19)18(20)21/h3-8,19H,1-2H3. The van der Waals surface area contributed by atoms with Crippen LogP contribution in [0.5, 0.6) is 17.2 Å². The number of methoxy groups -OCH3 is 2. The first kappa shape index (κ1) is 16.6. The number of phenols is 1. The van der Waals surface area contributed by atoms with Crippen molar-refractivity contribution in [2.75, 3.05) is 14.2 Å². The van der Waals surface area contributed by atoms with Crippen molar-refractivity contribution < 1.29 is 19.5 Å². The largest absolute Gasteiger partial charge is 0.502 e. The molecule has 0 bridgehead atoms. The zero-order chi connectivity index (χ0) is 17.0. The summed E-state index contributed by atoms with van der Waals surface area (Å²) in [6.07, 6.45) is 1.27. The normalized spacial score (nSPS) is 10.7. The van der Waals surface area contributed by atoms with Crippen LogP contribution in [0.3, 0.4) is 0 Å². The van der Waals surface area contributed by atoms with Gasteiger partial charge in [-0.15, -0.1) is 0 Å². The molecule has 23 heavy (non-hydrogen) atoms. The van der Waals surface area contributed by atoms with E-state index in [9.17, 15) is 15.2 Å². The fraction of sp³-hybridized carbons (Fsp3) is 0.133. The Morgan fingerprint density at radius 3 is 2.61 bits per heavy atom. The highest BCUT2D eigenvalue weighted by molar-refractivity contribution is 6.31. The van der Waals surface area contributed by atoms with Gasteiger partial charge >= 0.3 is 5.69 Å². The Bertz CT molecular complexity index is 777. The second-order valence-electron chi connectivity index (χ2n) is 4.42. The van der Waals surface area contributed by atoms with E-state index < -0.39 is 16.4 Å². The number of benzene rings is 2. The van der Waals surface area contributed by atoms with E-state index in [0.717, 1.165) is 6.07 Å². The third-order valence-electron chi connectivity index (χ3n) is 3.01. The van der Waals surface area contributed by atoms with E-state index in [1.54, 1.807) is 18.2 Å². The number of aliphatic imine (C=N–C) groups is 1. The molecule has 0 fully saturated rings. The highest BCUT2D eigenvalue weighted by Crippen LogP contribution is 2.34. The average molecular weight is 337 g/mol. The maximum absolute atomic E-state index is 10.9. The number of phenolic OH excluding ortho intramolecular Hbond substituents is 1. The topological polar surface area (TPSA) is 94.2 Å². The second kappa shape index (κ2) is 6.97. The molecule has 1 N–H and O–H groups in total. The van der Waals surface area contributed by atoms with Gasteiger partial charge in [0.2, 0.25) is 5.75 Å². The maximum atomic E-state index is 10.9. The molecule has 2 aromatic rings. The molecule has 0 saturated heterocycles. The Balaban J connectivity index is 2.47. The number of hydrogen-bond donors (Lipinski definition) is 1. The fourth-order valence-electron chi connectivity index (χ4n) is 1.88. The molecule has 0 atom stereocenters. The molecule has 2 rings (SSSR count). The smallest absolute Gasteiger partial charge is 0.312 e. The molecule has 0 aliphatic carbocycles. The Labute approximate surface area is 136 Å². The fourth-order valence-corrected chi connectivity index (χ4v) is 2.10. The molecule has 0 saturated carbocycles. The summed E-state index contributed by atoms with van der Waals surface area (Å²) in [6, 6.07) is 7.46. The van der Waals surface area contributed by atoms with Gasteiger partial charge in [0, 0.05) is 28.9 Å². The first-order valence-electron chi connectivity index (χ1n) is 6.39. The number of nitro groups is 1. The number of nitro benzene ring substituents is 1. The van der Waals surface area contributed by atoms with Gasteiger partial charge in [-0.2, -0.15) is 0 Å². The predicted octanol–water partition coefficient (Wildman–Crippen LogP) is 3.72. The Morgan fingerprint density at radius 1 is 1.26 bits per heavy atom. The first-order valence-corrected chi connectivity index (χ1v) is 6.77. The quantitative estimate of drug-likeness (QED) is 0.510. The van der Waals surface area contributed by atoms with Crippen molar-refractivity contribution in [3.8, 4) is 17.2 Å². The summed E-state index contributed by atoms with van der Waals surface area (Å²) in [5.74, 6) is 0.544. The van der Waals surface area contributed by atoms with Crippen molar-refractivity contribution in [3.63, 3.8) is 0 Å². The van der Waals surface area contributed by atoms with E-state index in [1.807, 2.05) is 0 Å². The lowest BCUT2D eigenvalue weighted by atomic mass is 10.2. The van der Waals surface area contributed by atoms with Crippen molar-refractivity contribution >= 4 is 29.2 Å². The highest BCUT2D eigenvalue weighted by Gasteiger charge is 2.17. The van der Waals surface area contributed by atoms with E-state index in [1.165, 1.54) is 26.5 Å². The van der Waals surface area contributed by atoms with E-state index >= 15 is 0 Å². The summed E-state index contributed by atoms with van der Waals surface area (Å²) in [4.78, 5) is 14.4. The summed E-state index contributed by atoms with van der Waals surface area (Å²) >= 11 is 5.83. The van der Waals surface area contributed by atoms with Crippen LogP contribution in [-0.4, -0.2) is 30.5 Å². The van der Waals surface area contributed by atoms with Crippen molar-refractivity contribution in [2.24, 2.45) is 4.99 Å². The average Bonchev–Trinajstić information content (AvgIpc) is 2.54. The molecule has 7 nitrogen and oxygen atoms in total. The lowest BCUT2D eigenvalue weighted by molar-refractivity contribution is -0.385. The summed E-state index contributed by atoms with van der Waals surface area (Å²) < 4.78 is 10.3. The predicted molar refractivity (Wildman–Crippen MR) is 86.6 cm³/mol. The summed E-state index contributed by atoms with van der Waals surface area (Å²) in [7, 11) is 3.00. The number of rotatable bonds is 5. The van der Waals surface area contributed by atoms with Crippen LogP contribution in [0.25, 0.3) is 0 Å². The van der Waals surface area contributed by atoms with Crippen LogP contribution in [0.1, 0.15) is 5.56 Å². The van der Waals surface area contributed by atoms with Crippen LogP contribution >= 0.6 is 11.6 Å². The van der Waals surface area contributed by atoms with Gasteiger partial charge in [-0.05, 0) is 18.2 Å². The van der Waals surface area contributed by atoms with Crippen molar-refractivity contribution in [1.29, 1.82) is 0 Å². The Hall–Kier alpha value is -2.80. The van der Waals surface area contributed by atoms with Gasteiger partial charge < -0.3 is 14.6 Å². The third kappa shape index (κ3) is 3.70. The number of aromatic hydroxyl groups is 1. The summed E-state index contributed by atoms with van der Waals surface area (Å²) in [5, 5.41) is 21.0.